The molecule has 1 unspecified atom stereocenters. The number of fused-ring (bicyclic) bond motifs is 2. The van der Waals surface area contributed by atoms with Gasteiger partial charge in [-0.25, -0.2) is 28.2 Å². The topological polar surface area (TPSA) is 93.2 Å². The molecule has 4 aromatic heterocycles. The number of anilines is 1. The van der Waals surface area contributed by atoms with Gasteiger partial charge in [0.25, 0.3) is 6.43 Å². The number of pyridine rings is 1. The van der Waals surface area contributed by atoms with E-state index in [0.717, 1.165) is 17.5 Å². The Labute approximate surface area is 182 Å². The number of aryl methyl sites for hydroxylation is 1. The van der Waals surface area contributed by atoms with Gasteiger partial charge in [-0.1, -0.05) is 0 Å². The molecule has 0 radical (unpaired) electrons. The summed E-state index contributed by atoms with van der Waals surface area (Å²) in [7, 11) is 1.80. The van der Waals surface area contributed by atoms with E-state index in [2.05, 4.69) is 25.4 Å². The van der Waals surface area contributed by atoms with E-state index in [1.54, 1.807) is 41.8 Å². The van der Waals surface area contributed by atoms with Gasteiger partial charge in [-0.3, -0.25) is 4.79 Å². The van der Waals surface area contributed by atoms with Crippen LogP contribution >= 0.6 is 0 Å². The highest BCUT2D eigenvalue weighted by Gasteiger charge is 2.24. The fourth-order valence-corrected chi connectivity index (χ4v) is 4.05. The summed E-state index contributed by atoms with van der Waals surface area (Å²) >= 11 is 0. The number of carbonyl (C=O) groups excluding carboxylic acids is 1. The molecule has 11 heteroatoms. The second-order valence-electron chi connectivity index (χ2n) is 7.99. The Bertz CT molecular complexity index is 1310. The maximum atomic E-state index is 13.0. The molecular weight excluding hydrogens is 418 g/mol. The lowest BCUT2D eigenvalue weighted by Gasteiger charge is -2.29. The number of rotatable bonds is 5. The zero-order valence-corrected chi connectivity index (χ0v) is 17.7. The second-order valence-corrected chi connectivity index (χ2v) is 7.99. The van der Waals surface area contributed by atoms with Gasteiger partial charge in [0.05, 0.1) is 24.0 Å². The number of nitrogens with one attached hydrogen (secondary N) is 1. The monoisotopic (exact) mass is 440 g/mol. The van der Waals surface area contributed by atoms with Crippen LogP contribution in [0.15, 0.2) is 30.6 Å². The zero-order chi connectivity index (χ0) is 22.4. The Hall–Kier alpha value is -3.63. The first kappa shape index (κ1) is 20.3. The van der Waals surface area contributed by atoms with Crippen molar-refractivity contribution in [1.82, 2.24) is 34.0 Å². The van der Waals surface area contributed by atoms with Crippen molar-refractivity contribution in [3.8, 4) is 11.3 Å². The highest BCUT2D eigenvalue weighted by atomic mass is 19.3. The number of halogens is 2. The van der Waals surface area contributed by atoms with Gasteiger partial charge in [-0.2, -0.15) is 0 Å². The predicted molar refractivity (Wildman–Crippen MR) is 115 cm³/mol. The first-order chi connectivity index (χ1) is 15.4. The molecule has 0 aromatic carbocycles. The standard InChI is InChI=1S/C21H22F2N8O/c1-12-25-16-4-3-15(27-20(16)30(12)11-18(22)23)14-6-8-31-17(14)10-24-21(28-31)26-13-5-7-29(2)19(32)9-13/h3-4,6,8,10,13,18H,5,7,9,11H2,1-2H3,(H,26,28). The van der Waals surface area contributed by atoms with Crippen molar-refractivity contribution < 1.29 is 13.6 Å². The van der Waals surface area contributed by atoms with Gasteiger partial charge in [0.2, 0.25) is 11.9 Å². The summed E-state index contributed by atoms with van der Waals surface area (Å²) in [6.45, 7) is 1.94. The van der Waals surface area contributed by atoms with Gasteiger partial charge >= 0.3 is 0 Å². The summed E-state index contributed by atoms with van der Waals surface area (Å²) < 4.78 is 29.1. The zero-order valence-electron chi connectivity index (χ0n) is 17.7. The number of imidazole rings is 1. The maximum Gasteiger partial charge on any atom is 0.256 e. The average molecular weight is 440 g/mol. The minimum absolute atomic E-state index is 0.00591. The molecule has 32 heavy (non-hydrogen) atoms. The van der Waals surface area contributed by atoms with Crippen LogP contribution in [0.1, 0.15) is 18.7 Å². The number of alkyl halides is 2. The average Bonchev–Trinajstić information content (AvgIpc) is 3.31. The SMILES string of the molecule is Cc1nc2ccc(-c3ccn4nc(NC5CCN(C)C(=O)C5)ncc34)nc2n1CC(F)F. The van der Waals surface area contributed by atoms with E-state index < -0.39 is 13.0 Å². The van der Waals surface area contributed by atoms with Crippen LogP contribution < -0.4 is 5.32 Å². The van der Waals surface area contributed by atoms with Crippen molar-refractivity contribution in [2.45, 2.75) is 38.8 Å². The summed E-state index contributed by atoms with van der Waals surface area (Å²) in [5.74, 6) is 1.04. The molecule has 0 spiro atoms. The van der Waals surface area contributed by atoms with Gasteiger partial charge in [0.15, 0.2) is 5.65 Å². The molecule has 1 N–H and O–H groups in total. The number of carbonyl (C=O) groups is 1. The Morgan fingerprint density at radius 1 is 1.25 bits per heavy atom. The van der Waals surface area contributed by atoms with Crippen LogP contribution in [0.3, 0.4) is 0 Å². The number of likely N-dealkylation sites (tertiary alicyclic amines) is 1. The second kappa shape index (κ2) is 7.81. The molecule has 0 bridgehead atoms. The van der Waals surface area contributed by atoms with E-state index in [0.29, 0.717) is 41.6 Å². The van der Waals surface area contributed by atoms with Gasteiger partial charge in [-0.05, 0) is 31.5 Å². The van der Waals surface area contributed by atoms with Crippen LogP contribution in [0.25, 0.3) is 27.9 Å². The maximum absolute atomic E-state index is 13.0. The van der Waals surface area contributed by atoms with Gasteiger partial charge in [-0.15, -0.1) is 5.10 Å². The first-order valence-electron chi connectivity index (χ1n) is 10.4. The smallest absolute Gasteiger partial charge is 0.256 e. The molecule has 166 valence electrons. The number of amides is 1. The van der Waals surface area contributed by atoms with Crippen molar-refractivity contribution in [2.24, 2.45) is 0 Å². The van der Waals surface area contributed by atoms with E-state index in [4.69, 9.17) is 0 Å². The molecule has 1 amide bonds. The van der Waals surface area contributed by atoms with Gasteiger partial charge in [0, 0.05) is 37.8 Å². The van der Waals surface area contributed by atoms with Crippen molar-refractivity contribution in [3.63, 3.8) is 0 Å². The number of hydrogen-bond acceptors (Lipinski definition) is 6. The highest BCUT2D eigenvalue weighted by molar-refractivity contribution is 5.83. The molecule has 4 aromatic rings. The fraction of sp³-hybridized carbons (Fsp3) is 0.381. The molecule has 0 aliphatic carbocycles. The summed E-state index contributed by atoms with van der Waals surface area (Å²) in [6.07, 6.45) is 2.23. The molecule has 1 aliphatic rings. The van der Waals surface area contributed by atoms with E-state index in [1.807, 2.05) is 12.1 Å². The van der Waals surface area contributed by atoms with Crippen LogP contribution in [0, 0.1) is 6.92 Å². The van der Waals surface area contributed by atoms with Gasteiger partial charge in [0.1, 0.15) is 11.3 Å². The lowest BCUT2D eigenvalue weighted by atomic mass is 10.1. The van der Waals surface area contributed by atoms with E-state index >= 15 is 0 Å². The summed E-state index contributed by atoms with van der Waals surface area (Å²) in [5, 5.41) is 7.74. The van der Waals surface area contributed by atoms with Crippen LogP contribution in [-0.2, 0) is 11.3 Å². The third-order valence-electron chi connectivity index (χ3n) is 5.79. The van der Waals surface area contributed by atoms with Crippen LogP contribution in [0.4, 0.5) is 14.7 Å². The Balaban J connectivity index is 1.45. The summed E-state index contributed by atoms with van der Waals surface area (Å²) in [6, 6.07) is 5.45. The number of piperidine rings is 1. The summed E-state index contributed by atoms with van der Waals surface area (Å²) in [4.78, 5) is 27.0. The van der Waals surface area contributed by atoms with Crippen molar-refractivity contribution in [3.05, 3.63) is 36.4 Å². The molecular formula is C21H22F2N8O. The van der Waals surface area contributed by atoms with Crippen LogP contribution in [-0.4, -0.2) is 66.0 Å². The normalized spacial score (nSPS) is 17.1. The quantitative estimate of drug-likeness (QED) is 0.513. The third kappa shape index (κ3) is 3.63. The molecule has 0 saturated carbocycles. The Morgan fingerprint density at radius 3 is 2.88 bits per heavy atom. The number of hydrogen-bond donors (Lipinski definition) is 1. The molecule has 5 heterocycles. The van der Waals surface area contributed by atoms with Crippen LogP contribution in [0.5, 0.6) is 0 Å². The van der Waals surface area contributed by atoms with Crippen LogP contribution in [0.2, 0.25) is 0 Å². The molecule has 9 nitrogen and oxygen atoms in total. The van der Waals surface area contributed by atoms with Crippen molar-refractivity contribution >= 4 is 28.5 Å². The molecule has 1 atom stereocenters. The van der Waals surface area contributed by atoms with E-state index in [9.17, 15) is 13.6 Å². The van der Waals surface area contributed by atoms with Crippen molar-refractivity contribution in [1.29, 1.82) is 0 Å². The Kier molecular flexibility index (Phi) is 4.95. The third-order valence-corrected chi connectivity index (χ3v) is 5.79. The molecule has 1 fully saturated rings. The molecule has 1 saturated heterocycles. The largest absolute Gasteiger partial charge is 0.350 e. The highest BCUT2D eigenvalue weighted by Crippen LogP contribution is 2.27. The lowest BCUT2D eigenvalue weighted by molar-refractivity contribution is -0.132. The molecule has 1 aliphatic heterocycles. The summed E-state index contributed by atoms with van der Waals surface area (Å²) in [5.41, 5.74) is 3.14. The lowest BCUT2D eigenvalue weighted by Crippen LogP contribution is -2.41. The first-order valence-corrected chi connectivity index (χ1v) is 10.4. The van der Waals surface area contributed by atoms with E-state index in [1.165, 1.54) is 4.57 Å². The number of aromatic nitrogens is 6. The molecule has 5 rings (SSSR count). The minimum Gasteiger partial charge on any atom is -0.350 e. The fourth-order valence-electron chi connectivity index (χ4n) is 4.05. The Morgan fingerprint density at radius 2 is 2.09 bits per heavy atom. The minimum atomic E-state index is -2.49. The number of nitrogens with zero attached hydrogens (tertiary/aromatic N) is 7. The van der Waals surface area contributed by atoms with Gasteiger partial charge < -0.3 is 14.8 Å². The van der Waals surface area contributed by atoms with Crippen molar-refractivity contribution in [2.75, 3.05) is 18.9 Å². The predicted octanol–water partition coefficient (Wildman–Crippen LogP) is 2.75. The van der Waals surface area contributed by atoms with E-state index in [-0.39, 0.29) is 11.9 Å².